The Bertz CT molecular complexity index is 568. The molecule has 1 aliphatic carbocycles. The molecule has 0 saturated heterocycles. The molecule has 6 heteroatoms. The lowest BCUT2D eigenvalue weighted by atomic mass is 9.75. The lowest BCUT2D eigenvalue weighted by Crippen LogP contribution is -2.58. The zero-order valence-electron chi connectivity index (χ0n) is 14.5. The number of rotatable bonds is 6. The minimum Gasteiger partial charge on any atom is -0.334 e. The van der Waals surface area contributed by atoms with E-state index in [-0.39, 0.29) is 11.6 Å². The van der Waals surface area contributed by atoms with Gasteiger partial charge in [0.05, 0.1) is 0 Å². The number of benzene rings is 1. The molecule has 0 bridgehead atoms. The van der Waals surface area contributed by atoms with Crippen LogP contribution in [0.2, 0.25) is 0 Å². The fourth-order valence-electron chi connectivity index (χ4n) is 2.96. The first kappa shape index (κ1) is 17.9. The molecule has 1 aromatic carbocycles. The van der Waals surface area contributed by atoms with Crippen molar-refractivity contribution in [2.75, 3.05) is 33.9 Å². The molecule has 1 saturated carbocycles. The number of hydrogen-bond acceptors (Lipinski definition) is 3. The summed E-state index contributed by atoms with van der Waals surface area (Å²) in [6.45, 7) is 1.23. The Morgan fingerprint density at radius 2 is 1.83 bits per heavy atom. The lowest BCUT2D eigenvalue weighted by Gasteiger charge is -2.49. The maximum atomic E-state index is 12.3. The van der Waals surface area contributed by atoms with Crippen LogP contribution in [0.3, 0.4) is 0 Å². The summed E-state index contributed by atoms with van der Waals surface area (Å²) in [5.41, 5.74) is 1.14. The van der Waals surface area contributed by atoms with E-state index in [1.54, 1.807) is 11.2 Å². The van der Waals surface area contributed by atoms with E-state index < -0.39 is 10.8 Å². The van der Waals surface area contributed by atoms with Crippen molar-refractivity contribution in [2.24, 2.45) is 0 Å². The minimum absolute atomic E-state index is 0.0544. The summed E-state index contributed by atoms with van der Waals surface area (Å²) >= 11 is 0. The Balaban J connectivity index is 1.85. The van der Waals surface area contributed by atoms with E-state index >= 15 is 0 Å². The van der Waals surface area contributed by atoms with Crippen LogP contribution < -0.4 is 5.32 Å². The number of nitrogens with zero attached hydrogens (tertiary/aromatic N) is 2. The van der Waals surface area contributed by atoms with Gasteiger partial charge in [0, 0.05) is 47.6 Å². The monoisotopic (exact) mass is 337 g/mol. The van der Waals surface area contributed by atoms with Crippen molar-refractivity contribution in [3.8, 4) is 0 Å². The highest BCUT2D eigenvalue weighted by molar-refractivity contribution is 7.84. The molecular formula is C17H27N3O2S. The number of amides is 2. The largest absolute Gasteiger partial charge is 0.334 e. The van der Waals surface area contributed by atoms with Crippen molar-refractivity contribution >= 4 is 16.8 Å². The van der Waals surface area contributed by atoms with Gasteiger partial charge in [-0.1, -0.05) is 12.1 Å². The molecule has 1 atom stereocenters. The van der Waals surface area contributed by atoms with Crippen LogP contribution in [-0.2, 0) is 17.3 Å². The second-order valence-electron chi connectivity index (χ2n) is 6.59. The Kier molecular flexibility index (Phi) is 5.81. The highest BCUT2D eigenvalue weighted by atomic mass is 32.2. The van der Waals surface area contributed by atoms with Gasteiger partial charge in [-0.15, -0.1) is 0 Å². The van der Waals surface area contributed by atoms with Gasteiger partial charge in [-0.25, -0.2) is 4.79 Å². The third-order valence-electron chi connectivity index (χ3n) is 4.81. The van der Waals surface area contributed by atoms with Gasteiger partial charge in [0.1, 0.15) is 0 Å². The summed E-state index contributed by atoms with van der Waals surface area (Å²) in [6, 6.07) is 7.45. The van der Waals surface area contributed by atoms with Crippen LogP contribution in [0.1, 0.15) is 24.8 Å². The zero-order chi connectivity index (χ0) is 17.0. The van der Waals surface area contributed by atoms with E-state index in [0.29, 0.717) is 6.54 Å². The van der Waals surface area contributed by atoms with Gasteiger partial charge < -0.3 is 15.1 Å². The molecule has 0 aromatic heterocycles. The van der Waals surface area contributed by atoms with Gasteiger partial charge in [-0.05, 0) is 51.1 Å². The molecule has 1 fully saturated rings. The summed E-state index contributed by atoms with van der Waals surface area (Å²) in [5, 5.41) is 2.95. The van der Waals surface area contributed by atoms with Crippen LogP contribution in [0.4, 0.5) is 4.79 Å². The molecule has 0 radical (unpaired) electrons. The Morgan fingerprint density at radius 3 is 2.26 bits per heavy atom. The normalized spacial score (nSPS) is 17.4. The first-order chi connectivity index (χ1) is 10.8. The topological polar surface area (TPSA) is 52.6 Å². The summed E-state index contributed by atoms with van der Waals surface area (Å²) in [7, 11) is 5.06. The van der Waals surface area contributed by atoms with Crippen molar-refractivity contribution < 1.29 is 9.00 Å². The quantitative estimate of drug-likeness (QED) is 0.864. The fraction of sp³-hybridized carbons (Fsp3) is 0.588. The highest BCUT2D eigenvalue weighted by Crippen LogP contribution is 2.36. The maximum absolute atomic E-state index is 12.3. The van der Waals surface area contributed by atoms with Gasteiger partial charge in [0.25, 0.3) is 0 Å². The first-order valence-corrected chi connectivity index (χ1v) is 9.49. The van der Waals surface area contributed by atoms with Gasteiger partial charge in [-0.3, -0.25) is 4.21 Å². The minimum atomic E-state index is -0.968. The van der Waals surface area contributed by atoms with Gasteiger partial charge in [0.15, 0.2) is 0 Å². The maximum Gasteiger partial charge on any atom is 0.317 e. The van der Waals surface area contributed by atoms with E-state index in [0.717, 1.165) is 29.8 Å². The highest BCUT2D eigenvalue weighted by Gasteiger charge is 2.40. The smallest absolute Gasteiger partial charge is 0.317 e. The molecule has 1 N–H and O–H groups in total. The number of nitrogens with one attached hydrogen (secondary N) is 1. The molecule has 1 aromatic rings. The molecule has 23 heavy (non-hydrogen) atoms. The number of likely N-dealkylation sites (N-methyl/N-ethyl adjacent to an activating group) is 2. The molecule has 2 amide bonds. The molecular weight excluding hydrogens is 310 g/mol. The summed E-state index contributed by atoms with van der Waals surface area (Å²) in [6.07, 6.45) is 5.19. The van der Waals surface area contributed by atoms with Gasteiger partial charge in [0.2, 0.25) is 0 Å². The Labute approximate surface area is 141 Å². The van der Waals surface area contributed by atoms with Crippen molar-refractivity contribution in [1.82, 2.24) is 15.1 Å². The van der Waals surface area contributed by atoms with Gasteiger partial charge >= 0.3 is 6.03 Å². The SMILES string of the molecule is CN(CC1(N(C)C)CCC1)C(=O)NCc1ccc([S@](C)=O)cc1. The molecule has 0 aliphatic heterocycles. The van der Waals surface area contributed by atoms with Crippen LogP contribution in [0.25, 0.3) is 0 Å². The number of carbonyl (C=O) groups excluding carboxylic acids is 1. The lowest BCUT2D eigenvalue weighted by molar-refractivity contribution is 0.0363. The van der Waals surface area contributed by atoms with Crippen LogP contribution in [0, 0.1) is 0 Å². The standard InChI is InChI=1S/C17H27N3O2S/c1-19(2)17(10-5-11-17)13-20(3)16(21)18-12-14-6-8-15(9-7-14)23(4)22/h6-9H,5,10-13H2,1-4H3,(H,18,21)/t23-/m0/s1. The summed E-state index contributed by atoms with van der Waals surface area (Å²) in [4.78, 5) is 17.1. The molecule has 0 heterocycles. The van der Waals surface area contributed by atoms with E-state index in [1.807, 2.05) is 31.3 Å². The number of urea groups is 1. The first-order valence-electron chi connectivity index (χ1n) is 7.93. The molecule has 0 unspecified atom stereocenters. The summed E-state index contributed by atoms with van der Waals surface area (Å²) in [5.74, 6) is 0. The van der Waals surface area contributed by atoms with E-state index in [1.165, 1.54) is 6.42 Å². The molecule has 5 nitrogen and oxygen atoms in total. The van der Waals surface area contributed by atoms with Gasteiger partial charge in [-0.2, -0.15) is 0 Å². The average Bonchev–Trinajstić information content (AvgIpc) is 2.48. The number of carbonyl (C=O) groups is 1. The third kappa shape index (κ3) is 4.32. The van der Waals surface area contributed by atoms with E-state index in [9.17, 15) is 9.00 Å². The predicted octanol–water partition coefficient (Wildman–Crippen LogP) is 2.05. The fourth-order valence-corrected chi connectivity index (χ4v) is 3.48. The van der Waals surface area contributed by atoms with Crippen molar-refractivity contribution in [3.63, 3.8) is 0 Å². The second-order valence-corrected chi connectivity index (χ2v) is 7.96. The summed E-state index contributed by atoms with van der Waals surface area (Å²) < 4.78 is 11.4. The Hall–Kier alpha value is -1.40. The number of hydrogen-bond donors (Lipinski definition) is 1. The van der Waals surface area contributed by atoms with Crippen LogP contribution in [0.15, 0.2) is 29.2 Å². The Morgan fingerprint density at radius 1 is 1.22 bits per heavy atom. The molecule has 2 rings (SSSR count). The van der Waals surface area contributed by atoms with Crippen molar-refractivity contribution in [1.29, 1.82) is 0 Å². The average molecular weight is 337 g/mol. The second kappa shape index (κ2) is 7.45. The van der Waals surface area contributed by atoms with E-state index in [4.69, 9.17) is 0 Å². The van der Waals surface area contributed by atoms with Crippen LogP contribution in [0.5, 0.6) is 0 Å². The van der Waals surface area contributed by atoms with Crippen molar-refractivity contribution in [3.05, 3.63) is 29.8 Å². The van der Waals surface area contributed by atoms with Crippen LogP contribution >= 0.6 is 0 Å². The van der Waals surface area contributed by atoms with Crippen molar-refractivity contribution in [2.45, 2.75) is 36.2 Å². The predicted molar refractivity (Wildman–Crippen MR) is 93.9 cm³/mol. The molecule has 0 spiro atoms. The molecule has 1 aliphatic rings. The molecule has 128 valence electrons. The van der Waals surface area contributed by atoms with Crippen LogP contribution in [-0.4, -0.2) is 59.5 Å². The third-order valence-corrected chi connectivity index (χ3v) is 5.75. The van der Waals surface area contributed by atoms with E-state index in [2.05, 4.69) is 24.3 Å². The zero-order valence-corrected chi connectivity index (χ0v) is 15.3.